The number of imidazole rings is 1. The molecule has 0 spiro atoms. The Balaban J connectivity index is 1.72. The molecule has 3 aromatic rings. The van der Waals surface area contributed by atoms with Crippen LogP contribution >= 0.6 is 11.6 Å². The fraction of sp³-hybridized carbons (Fsp3) is 0.350. The molecule has 2 aromatic heterocycles. The maximum absolute atomic E-state index is 12.4. The van der Waals surface area contributed by atoms with Crippen LogP contribution in [-0.2, 0) is 34.3 Å². The van der Waals surface area contributed by atoms with E-state index in [2.05, 4.69) is 15.3 Å². The number of sulfonamides is 1. The van der Waals surface area contributed by atoms with Crippen LogP contribution in [0.3, 0.4) is 0 Å². The minimum Gasteiger partial charge on any atom is -0.352 e. The summed E-state index contributed by atoms with van der Waals surface area (Å²) in [6.45, 7) is 3.03. The summed E-state index contributed by atoms with van der Waals surface area (Å²) in [7, 11) is -0.546. The number of pyridine rings is 1. The van der Waals surface area contributed by atoms with Crippen molar-refractivity contribution in [2.24, 2.45) is 0 Å². The zero-order valence-electron chi connectivity index (χ0n) is 17.1. The topological polar surface area (TPSA) is 97.2 Å². The van der Waals surface area contributed by atoms with E-state index >= 15 is 0 Å². The number of nitrogens with zero attached hydrogens (tertiary/aromatic N) is 4. The number of halogens is 1. The van der Waals surface area contributed by atoms with Gasteiger partial charge < -0.3 is 9.88 Å². The van der Waals surface area contributed by atoms with E-state index in [1.165, 1.54) is 18.4 Å². The second kappa shape index (κ2) is 9.11. The maximum atomic E-state index is 12.4. The van der Waals surface area contributed by atoms with E-state index in [0.29, 0.717) is 30.2 Å². The van der Waals surface area contributed by atoms with Gasteiger partial charge in [0.15, 0.2) is 0 Å². The van der Waals surface area contributed by atoms with Crippen LogP contribution in [0.4, 0.5) is 0 Å². The monoisotopic (exact) mass is 449 g/mol. The summed E-state index contributed by atoms with van der Waals surface area (Å²) in [6, 6.07) is 8.41. The maximum Gasteiger partial charge on any atom is 0.242 e. The average molecular weight is 450 g/mol. The van der Waals surface area contributed by atoms with Crippen molar-refractivity contribution in [2.75, 3.05) is 14.1 Å². The molecule has 160 valence electrons. The molecule has 3 rings (SSSR count). The van der Waals surface area contributed by atoms with Gasteiger partial charge >= 0.3 is 0 Å². The Bertz CT molecular complexity index is 1160. The minimum absolute atomic E-state index is 0.101. The Morgan fingerprint density at radius 2 is 2.00 bits per heavy atom. The summed E-state index contributed by atoms with van der Waals surface area (Å²) in [4.78, 5) is 21.0. The summed E-state index contributed by atoms with van der Waals surface area (Å²) in [5, 5.41) is 3.26. The smallest absolute Gasteiger partial charge is 0.242 e. The SMILES string of the molecule is CCn1c(CCC(=O)NCc2ccc(Cl)nc2)nc2cc(S(=O)(=O)N(C)C)ccc21. The van der Waals surface area contributed by atoms with Gasteiger partial charge in [-0.1, -0.05) is 17.7 Å². The Labute approximate surface area is 180 Å². The van der Waals surface area contributed by atoms with Crippen molar-refractivity contribution in [1.29, 1.82) is 0 Å². The highest BCUT2D eigenvalue weighted by molar-refractivity contribution is 7.89. The van der Waals surface area contributed by atoms with Crippen LogP contribution in [-0.4, -0.2) is 47.3 Å². The van der Waals surface area contributed by atoms with Gasteiger partial charge in [-0.2, -0.15) is 0 Å². The average Bonchev–Trinajstić information content (AvgIpc) is 3.08. The van der Waals surface area contributed by atoms with Gasteiger partial charge in [-0.3, -0.25) is 4.79 Å². The van der Waals surface area contributed by atoms with E-state index in [1.807, 2.05) is 17.6 Å². The van der Waals surface area contributed by atoms with Gasteiger partial charge in [0, 0.05) is 46.2 Å². The number of nitrogens with one attached hydrogen (secondary N) is 1. The number of carbonyl (C=O) groups is 1. The van der Waals surface area contributed by atoms with E-state index in [-0.39, 0.29) is 17.2 Å². The first-order valence-electron chi connectivity index (χ1n) is 9.51. The van der Waals surface area contributed by atoms with E-state index in [0.717, 1.165) is 16.9 Å². The second-order valence-electron chi connectivity index (χ2n) is 6.98. The van der Waals surface area contributed by atoms with Crippen molar-refractivity contribution in [3.8, 4) is 0 Å². The highest BCUT2D eigenvalue weighted by Gasteiger charge is 2.19. The normalized spacial score (nSPS) is 11.9. The molecule has 1 aromatic carbocycles. The molecule has 0 bridgehead atoms. The number of carbonyl (C=O) groups excluding carboxylic acids is 1. The molecule has 0 saturated carbocycles. The molecule has 0 fully saturated rings. The molecule has 1 amide bonds. The van der Waals surface area contributed by atoms with Gasteiger partial charge in [-0.15, -0.1) is 0 Å². The number of aromatic nitrogens is 3. The van der Waals surface area contributed by atoms with Gasteiger partial charge in [0.05, 0.1) is 15.9 Å². The standard InChI is InChI=1S/C20H24ClN5O3S/c1-4-26-17-7-6-15(30(28,29)25(2)3)11-16(17)24-19(26)9-10-20(27)23-13-14-5-8-18(21)22-12-14/h5-8,11-12H,4,9-10,13H2,1-3H3,(H,23,27). The fourth-order valence-corrected chi connectivity index (χ4v) is 4.13. The zero-order valence-corrected chi connectivity index (χ0v) is 18.7. The van der Waals surface area contributed by atoms with Crippen molar-refractivity contribution in [3.63, 3.8) is 0 Å². The van der Waals surface area contributed by atoms with E-state index in [4.69, 9.17) is 11.6 Å². The molecule has 1 N–H and O–H groups in total. The molecule has 2 heterocycles. The summed E-state index contributed by atoms with van der Waals surface area (Å²) in [5.74, 6) is 0.644. The molecule has 0 aliphatic heterocycles. The van der Waals surface area contributed by atoms with Gasteiger partial charge in [-0.05, 0) is 36.8 Å². The summed E-state index contributed by atoms with van der Waals surface area (Å²) >= 11 is 5.76. The highest BCUT2D eigenvalue weighted by atomic mass is 35.5. The third kappa shape index (κ3) is 4.80. The van der Waals surface area contributed by atoms with Crippen molar-refractivity contribution in [3.05, 3.63) is 53.1 Å². The molecule has 0 radical (unpaired) electrons. The molecular weight excluding hydrogens is 426 g/mol. The van der Waals surface area contributed by atoms with Crippen molar-refractivity contribution in [1.82, 2.24) is 24.2 Å². The summed E-state index contributed by atoms with van der Waals surface area (Å²) in [6.07, 6.45) is 2.34. The largest absolute Gasteiger partial charge is 0.352 e. The molecule has 0 unspecified atom stereocenters. The van der Waals surface area contributed by atoms with Crippen LogP contribution < -0.4 is 5.32 Å². The quantitative estimate of drug-likeness (QED) is 0.533. The molecule has 0 aliphatic rings. The lowest BCUT2D eigenvalue weighted by Crippen LogP contribution is -2.23. The van der Waals surface area contributed by atoms with Crippen molar-refractivity contribution in [2.45, 2.75) is 37.8 Å². The fourth-order valence-electron chi connectivity index (χ4n) is 3.10. The highest BCUT2D eigenvalue weighted by Crippen LogP contribution is 2.22. The minimum atomic E-state index is -3.53. The van der Waals surface area contributed by atoms with E-state index in [1.54, 1.807) is 30.5 Å². The number of amides is 1. The first-order valence-corrected chi connectivity index (χ1v) is 11.3. The molecule has 0 aliphatic carbocycles. The predicted octanol–water partition coefficient (Wildman–Crippen LogP) is 2.60. The van der Waals surface area contributed by atoms with Crippen LogP contribution in [0.25, 0.3) is 11.0 Å². The first-order chi connectivity index (χ1) is 14.2. The Morgan fingerprint density at radius 1 is 1.23 bits per heavy atom. The number of benzene rings is 1. The first kappa shape index (κ1) is 22.2. The lowest BCUT2D eigenvalue weighted by atomic mass is 10.2. The lowest BCUT2D eigenvalue weighted by molar-refractivity contribution is -0.121. The zero-order chi connectivity index (χ0) is 21.9. The number of fused-ring (bicyclic) bond motifs is 1. The molecule has 30 heavy (non-hydrogen) atoms. The summed E-state index contributed by atoms with van der Waals surface area (Å²) in [5.41, 5.74) is 2.31. The number of hydrogen-bond donors (Lipinski definition) is 1. The lowest BCUT2D eigenvalue weighted by Gasteiger charge is -2.11. The van der Waals surface area contributed by atoms with Crippen LogP contribution in [0.2, 0.25) is 5.15 Å². The third-order valence-electron chi connectivity index (χ3n) is 4.75. The van der Waals surface area contributed by atoms with Gasteiger partial charge in [0.2, 0.25) is 15.9 Å². The van der Waals surface area contributed by atoms with E-state index < -0.39 is 10.0 Å². The summed E-state index contributed by atoms with van der Waals surface area (Å²) < 4.78 is 27.9. The molecular formula is C20H24ClN5O3S. The Morgan fingerprint density at radius 3 is 2.63 bits per heavy atom. The van der Waals surface area contributed by atoms with Crippen LogP contribution in [0.5, 0.6) is 0 Å². The Kier molecular flexibility index (Phi) is 6.74. The predicted molar refractivity (Wildman–Crippen MR) is 116 cm³/mol. The van der Waals surface area contributed by atoms with Gasteiger partial charge in [-0.25, -0.2) is 22.7 Å². The third-order valence-corrected chi connectivity index (χ3v) is 6.78. The molecule has 10 heteroatoms. The van der Waals surface area contributed by atoms with Crippen LogP contribution in [0, 0.1) is 0 Å². The van der Waals surface area contributed by atoms with Gasteiger partial charge in [0.1, 0.15) is 11.0 Å². The number of rotatable bonds is 8. The van der Waals surface area contributed by atoms with Crippen molar-refractivity contribution < 1.29 is 13.2 Å². The second-order valence-corrected chi connectivity index (χ2v) is 9.52. The molecule has 0 saturated heterocycles. The Hall–Kier alpha value is -2.49. The molecule has 0 atom stereocenters. The van der Waals surface area contributed by atoms with E-state index in [9.17, 15) is 13.2 Å². The van der Waals surface area contributed by atoms with Crippen LogP contribution in [0.15, 0.2) is 41.4 Å². The molecule has 8 nitrogen and oxygen atoms in total. The number of aryl methyl sites for hydroxylation is 2. The van der Waals surface area contributed by atoms with Gasteiger partial charge in [0.25, 0.3) is 0 Å². The van der Waals surface area contributed by atoms with Crippen molar-refractivity contribution >= 4 is 38.6 Å². The van der Waals surface area contributed by atoms with Crippen LogP contribution in [0.1, 0.15) is 24.7 Å². The number of hydrogen-bond acceptors (Lipinski definition) is 5.